The lowest BCUT2D eigenvalue weighted by Gasteiger charge is -2.31. The van der Waals surface area contributed by atoms with Crippen LogP contribution in [0.3, 0.4) is 0 Å². The molecular formula is C25H22Cl3FN2O2. The number of benzene rings is 3. The summed E-state index contributed by atoms with van der Waals surface area (Å²) in [6.07, 6.45) is -0.0402. The Morgan fingerprint density at radius 1 is 0.970 bits per heavy atom. The molecule has 2 amide bonds. The number of hydrogen-bond acceptors (Lipinski definition) is 2. The van der Waals surface area contributed by atoms with Gasteiger partial charge in [-0.25, -0.2) is 4.39 Å². The van der Waals surface area contributed by atoms with Crippen molar-refractivity contribution in [3.05, 3.63) is 104 Å². The van der Waals surface area contributed by atoms with Crippen LogP contribution in [0, 0.1) is 5.82 Å². The van der Waals surface area contributed by atoms with Crippen LogP contribution in [-0.4, -0.2) is 29.8 Å². The van der Waals surface area contributed by atoms with Gasteiger partial charge >= 0.3 is 0 Å². The maximum atomic E-state index is 14.4. The molecule has 4 nitrogen and oxygen atoms in total. The Kier molecular flexibility index (Phi) is 8.73. The van der Waals surface area contributed by atoms with Gasteiger partial charge in [-0.3, -0.25) is 9.59 Å². The molecule has 0 saturated heterocycles. The molecule has 3 aromatic rings. The summed E-state index contributed by atoms with van der Waals surface area (Å²) in [6.45, 7) is 0.0336. The molecule has 0 aliphatic carbocycles. The van der Waals surface area contributed by atoms with E-state index in [-0.39, 0.29) is 35.9 Å². The molecule has 0 fully saturated rings. The quantitative estimate of drug-likeness (QED) is 0.424. The first-order chi connectivity index (χ1) is 15.8. The third-order valence-electron chi connectivity index (χ3n) is 5.26. The normalized spacial score (nSPS) is 11.7. The molecule has 0 aliphatic heterocycles. The van der Waals surface area contributed by atoms with Gasteiger partial charge in [-0.05, 0) is 35.4 Å². The van der Waals surface area contributed by atoms with Gasteiger partial charge in [0.25, 0.3) is 0 Å². The number of halogens is 4. The minimum absolute atomic E-state index is 0.0336. The zero-order valence-electron chi connectivity index (χ0n) is 17.8. The van der Waals surface area contributed by atoms with Crippen molar-refractivity contribution in [1.29, 1.82) is 0 Å². The predicted molar refractivity (Wildman–Crippen MR) is 130 cm³/mol. The Hall–Kier alpha value is -2.60. The number of nitrogens with one attached hydrogen (secondary N) is 1. The zero-order valence-corrected chi connectivity index (χ0v) is 20.1. The smallest absolute Gasteiger partial charge is 0.242 e. The molecular weight excluding hydrogens is 486 g/mol. The van der Waals surface area contributed by atoms with Gasteiger partial charge in [0.1, 0.15) is 11.9 Å². The number of carbonyl (C=O) groups excluding carboxylic acids is 2. The second-order valence-corrected chi connectivity index (χ2v) is 8.70. The van der Waals surface area contributed by atoms with Crippen molar-refractivity contribution in [1.82, 2.24) is 10.2 Å². The average Bonchev–Trinajstić information content (AvgIpc) is 2.80. The molecule has 0 unspecified atom stereocenters. The molecule has 0 spiro atoms. The number of rotatable bonds is 8. The van der Waals surface area contributed by atoms with Gasteiger partial charge in [-0.15, -0.1) is 0 Å². The maximum Gasteiger partial charge on any atom is 0.242 e. The van der Waals surface area contributed by atoms with Gasteiger partial charge < -0.3 is 10.2 Å². The van der Waals surface area contributed by atoms with Crippen LogP contribution in [0.25, 0.3) is 0 Å². The van der Waals surface area contributed by atoms with Crippen LogP contribution < -0.4 is 5.32 Å². The lowest BCUT2D eigenvalue weighted by atomic mass is 10.0. The number of carbonyl (C=O) groups is 2. The Bertz CT molecular complexity index is 1120. The van der Waals surface area contributed by atoms with E-state index in [4.69, 9.17) is 34.8 Å². The summed E-state index contributed by atoms with van der Waals surface area (Å²) >= 11 is 18.5. The zero-order chi connectivity index (χ0) is 24.0. The van der Waals surface area contributed by atoms with Crippen molar-refractivity contribution in [2.75, 3.05) is 7.05 Å². The van der Waals surface area contributed by atoms with Crippen LogP contribution in [-0.2, 0) is 29.0 Å². The van der Waals surface area contributed by atoms with Crippen LogP contribution in [0.4, 0.5) is 4.39 Å². The summed E-state index contributed by atoms with van der Waals surface area (Å²) < 4.78 is 14.4. The molecule has 33 heavy (non-hydrogen) atoms. The third-order valence-corrected chi connectivity index (χ3v) is 6.20. The summed E-state index contributed by atoms with van der Waals surface area (Å²) in [4.78, 5) is 27.8. The van der Waals surface area contributed by atoms with Crippen molar-refractivity contribution in [2.24, 2.45) is 0 Å². The Morgan fingerprint density at radius 2 is 1.70 bits per heavy atom. The summed E-state index contributed by atoms with van der Waals surface area (Å²) in [6, 6.07) is 17.6. The van der Waals surface area contributed by atoms with E-state index in [9.17, 15) is 14.0 Å². The summed E-state index contributed by atoms with van der Waals surface area (Å²) in [5.41, 5.74) is 1.55. The van der Waals surface area contributed by atoms with Crippen molar-refractivity contribution >= 4 is 46.6 Å². The Balaban J connectivity index is 2.01. The molecule has 8 heteroatoms. The van der Waals surface area contributed by atoms with E-state index in [0.29, 0.717) is 15.6 Å². The van der Waals surface area contributed by atoms with Gasteiger partial charge in [0.2, 0.25) is 11.8 Å². The lowest BCUT2D eigenvalue weighted by molar-refractivity contribution is -0.140. The lowest BCUT2D eigenvalue weighted by Crippen LogP contribution is -2.50. The molecule has 0 saturated carbocycles. The second kappa shape index (κ2) is 11.5. The largest absolute Gasteiger partial charge is 0.357 e. The fourth-order valence-corrected chi connectivity index (χ4v) is 4.21. The molecule has 172 valence electrons. The highest BCUT2D eigenvalue weighted by Crippen LogP contribution is 2.26. The van der Waals surface area contributed by atoms with Crippen molar-refractivity contribution in [3.8, 4) is 0 Å². The van der Waals surface area contributed by atoms with Gasteiger partial charge in [-0.2, -0.15) is 0 Å². The minimum Gasteiger partial charge on any atom is -0.357 e. The molecule has 3 aromatic carbocycles. The number of nitrogens with zero attached hydrogens (tertiary/aromatic N) is 1. The van der Waals surface area contributed by atoms with Gasteiger partial charge in [0.15, 0.2) is 0 Å². The SMILES string of the molecule is CNC(=O)[C@@H](Cc1ccccc1)N(Cc1ccc(Cl)cc1Cl)C(=O)Cc1c(F)cccc1Cl. The second-order valence-electron chi connectivity index (χ2n) is 7.45. The summed E-state index contributed by atoms with van der Waals surface area (Å²) in [5.74, 6) is -1.39. The van der Waals surface area contributed by atoms with Crippen molar-refractivity contribution in [2.45, 2.75) is 25.4 Å². The monoisotopic (exact) mass is 506 g/mol. The molecule has 1 atom stereocenters. The van der Waals surface area contributed by atoms with E-state index in [2.05, 4.69) is 5.32 Å². The number of likely N-dealkylation sites (N-methyl/N-ethyl adjacent to an activating group) is 1. The number of hydrogen-bond donors (Lipinski definition) is 1. The van der Waals surface area contributed by atoms with E-state index in [1.54, 1.807) is 18.2 Å². The number of amides is 2. The molecule has 0 aromatic heterocycles. The van der Waals surface area contributed by atoms with Crippen LogP contribution in [0.2, 0.25) is 15.1 Å². The topological polar surface area (TPSA) is 49.4 Å². The minimum atomic E-state index is -0.859. The molecule has 0 radical (unpaired) electrons. The average molecular weight is 508 g/mol. The maximum absolute atomic E-state index is 14.4. The predicted octanol–water partition coefficient (Wildman–Crippen LogP) is 5.71. The molecule has 1 N–H and O–H groups in total. The van der Waals surface area contributed by atoms with Gasteiger partial charge in [-0.1, -0.05) is 77.3 Å². The van der Waals surface area contributed by atoms with E-state index in [1.807, 2.05) is 30.3 Å². The van der Waals surface area contributed by atoms with E-state index < -0.39 is 17.8 Å². The fraction of sp³-hybridized carbons (Fsp3) is 0.200. The Labute approximate surface area is 207 Å². The third kappa shape index (κ3) is 6.47. The van der Waals surface area contributed by atoms with Crippen LogP contribution in [0.5, 0.6) is 0 Å². The van der Waals surface area contributed by atoms with Crippen molar-refractivity contribution < 1.29 is 14.0 Å². The van der Waals surface area contributed by atoms with Gasteiger partial charge in [0.05, 0.1) is 6.42 Å². The first kappa shape index (κ1) is 25.0. The highest BCUT2D eigenvalue weighted by Gasteiger charge is 2.31. The molecule has 3 rings (SSSR count). The van der Waals surface area contributed by atoms with Crippen LogP contribution in [0.1, 0.15) is 16.7 Å². The highest BCUT2D eigenvalue weighted by atomic mass is 35.5. The van der Waals surface area contributed by atoms with E-state index in [1.165, 1.54) is 30.1 Å². The summed E-state index contributed by atoms with van der Waals surface area (Å²) in [7, 11) is 1.51. The summed E-state index contributed by atoms with van der Waals surface area (Å²) in [5, 5.41) is 3.59. The Morgan fingerprint density at radius 3 is 2.33 bits per heavy atom. The van der Waals surface area contributed by atoms with E-state index >= 15 is 0 Å². The van der Waals surface area contributed by atoms with Crippen LogP contribution in [0.15, 0.2) is 66.7 Å². The standard InChI is InChI=1S/C25H22Cl3FN2O2/c1-30-25(33)23(12-16-6-3-2-4-7-16)31(15-17-10-11-18(26)13-21(17)28)24(32)14-19-20(27)8-5-9-22(19)29/h2-11,13,23H,12,14-15H2,1H3,(H,30,33)/t23-/m1/s1. The first-order valence-corrected chi connectivity index (χ1v) is 11.3. The molecule has 0 aliphatic rings. The molecule has 0 bridgehead atoms. The highest BCUT2D eigenvalue weighted by molar-refractivity contribution is 6.35. The van der Waals surface area contributed by atoms with Gasteiger partial charge in [0, 0.05) is 40.6 Å². The molecule has 0 heterocycles. The van der Waals surface area contributed by atoms with E-state index in [0.717, 1.165) is 5.56 Å². The fourth-order valence-electron chi connectivity index (χ4n) is 3.51. The first-order valence-electron chi connectivity index (χ1n) is 10.2. The van der Waals surface area contributed by atoms with Crippen LogP contribution >= 0.6 is 34.8 Å². The van der Waals surface area contributed by atoms with Crippen molar-refractivity contribution in [3.63, 3.8) is 0 Å².